The van der Waals surface area contributed by atoms with Gasteiger partial charge in [-0.2, -0.15) is 0 Å². The summed E-state index contributed by atoms with van der Waals surface area (Å²) < 4.78 is 6.60. The molecule has 2 nitrogen and oxygen atoms in total. The van der Waals surface area contributed by atoms with E-state index in [0.29, 0.717) is 0 Å². The average Bonchev–Trinajstić information content (AvgIpc) is 3.91. The summed E-state index contributed by atoms with van der Waals surface area (Å²) in [5.41, 5.74) is 16.7. The minimum atomic E-state index is -0.536. The third-order valence-electron chi connectivity index (χ3n) is 13.7. The molecule has 0 fully saturated rings. The predicted octanol–water partition coefficient (Wildman–Crippen LogP) is 17.1. The monoisotopic (exact) mass is 827 g/mol. The zero-order chi connectivity index (χ0) is 42.9. The second-order valence-electron chi connectivity index (χ2n) is 17.2. The highest BCUT2D eigenvalue weighted by molar-refractivity contribution is 6.15. The van der Waals surface area contributed by atoms with Crippen molar-refractivity contribution in [3.8, 4) is 33.4 Å². The highest BCUT2D eigenvalue weighted by Gasteiger charge is 2.46. The largest absolute Gasteiger partial charge is 0.455 e. The summed E-state index contributed by atoms with van der Waals surface area (Å²) in [5, 5.41) is 6.99. The SMILES string of the molecule is c1ccc(C2(c3ccccc3)c3ccccc3-c3ccc(N(c4ccc(-c5ccc6ccccc6c5)cc4)c4ccccc4-c4ccc5ccc6c7ccccc7oc6c5c4)cc32)cc1. The van der Waals surface area contributed by atoms with Crippen LogP contribution in [0.25, 0.3) is 76.9 Å². The minimum Gasteiger partial charge on any atom is -0.455 e. The third-order valence-corrected chi connectivity index (χ3v) is 13.7. The molecular formula is C63H41NO. The van der Waals surface area contributed by atoms with Crippen LogP contribution in [0.4, 0.5) is 17.1 Å². The molecule has 13 rings (SSSR count). The molecule has 0 unspecified atom stereocenters. The van der Waals surface area contributed by atoms with E-state index in [-0.39, 0.29) is 0 Å². The Morgan fingerprint density at radius 2 is 0.923 bits per heavy atom. The maximum atomic E-state index is 6.60. The molecule has 0 amide bonds. The lowest BCUT2D eigenvalue weighted by Gasteiger charge is -2.35. The third kappa shape index (κ3) is 5.81. The maximum Gasteiger partial charge on any atom is 0.143 e. The highest BCUT2D eigenvalue weighted by Crippen LogP contribution is 2.57. The molecule has 0 spiro atoms. The van der Waals surface area contributed by atoms with Gasteiger partial charge in [-0.1, -0.05) is 194 Å². The van der Waals surface area contributed by atoms with Gasteiger partial charge in [0.25, 0.3) is 0 Å². The van der Waals surface area contributed by atoms with Gasteiger partial charge in [0.05, 0.1) is 11.1 Å². The molecule has 12 aromatic rings. The second kappa shape index (κ2) is 14.8. The number of fused-ring (bicyclic) bond motifs is 9. The zero-order valence-corrected chi connectivity index (χ0v) is 35.5. The number of anilines is 3. The maximum absolute atomic E-state index is 6.60. The summed E-state index contributed by atoms with van der Waals surface area (Å²) >= 11 is 0. The van der Waals surface area contributed by atoms with Crippen molar-refractivity contribution in [1.82, 2.24) is 0 Å². The molecule has 0 radical (unpaired) electrons. The molecule has 0 aliphatic heterocycles. The molecule has 0 saturated carbocycles. The van der Waals surface area contributed by atoms with Crippen LogP contribution in [0, 0.1) is 0 Å². The molecule has 1 aliphatic rings. The molecule has 0 bridgehead atoms. The molecule has 0 N–H and O–H groups in total. The normalized spacial score (nSPS) is 12.7. The van der Waals surface area contributed by atoms with E-state index in [2.05, 4.69) is 248 Å². The van der Waals surface area contributed by atoms with E-state index in [1.165, 1.54) is 55.3 Å². The van der Waals surface area contributed by atoms with E-state index in [1.807, 2.05) is 6.07 Å². The van der Waals surface area contributed by atoms with Crippen LogP contribution in [0.3, 0.4) is 0 Å². The van der Waals surface area contributed by atoms with Crippen LogP contribution in [0.5, 0.6) is 0 Å². The molecule has 65 heavy (non-hydrogen) atoms. The smallest absolute Gasteiger partial charge is 0.143 e. The minimum absolute atomic E-state index is 0.536. The van der Waals surface area contributed by atoms with Gasteiger partial charge in [-0.05, 0) is 121 Å². The molecule has 0 atom stereocenters. The lowest BCUT2D eigenvalue weighted by Crippen LogP contribution is -2.28. The fourth-order valence-electron chi connectivity index (χ4n) is 10.8. The van der Waals surface area contributed by atoms with Crippen molar-refractivity contribution in [3.63, 3.8) is 0 Å². The Bertz CT molecular complexity index is 3730. The molecule has 2 heteroatoms. The van der Waals surface area contributed by atoms with Crippen molar-refractivity contribution in [3.05, 3.63) is 271 Å². The summed E-state index contributed by atoms with van der Waals surface area (Å²) in [6.45, 7) is 0. The Balaban J connectivity index is 1.04. The van der Waals surface area contributed by atoms with Gasteiger partial charge >= 0.3 is 0 Å². The van der Waals surface area contributed by atoms with Crippen LogP contribution in [-0.2, 0) is 5.41 Å². The molecule has 1 aromatic heterocycles. The van der Waals surface area contributed by atoms with E-state index < -0.39 is 5.41 Å². The Labute approximate surface area is 377 Å². The van der Waals surface area contributed by atoms with Gasteiger partial charge in [-0.25, -0.2) is 0 Å². The summed E-state index contributed by atoms with van der Waals surface area (Å²) in [7, 11) is 0. The Hall–Kier alpha value is -8.46. The second-order valence-corrected chi connectivity index (χ2v) is 17.2. The topological polar surface area (TPSA) is 16.4 Å². The first kappa shape index (κ1) is 37.1. The molecule has 1 aliphatic carbocycles. The van der Waals surface area contributed by atoms with Crippen molar-refractivity contribution in [2.24, 2.45) is 0 Å². The Morgan fingerprint density at radius 1 is 0.323 bits per heavy atom. The summed E-state index contributed by atoms with van der Waals surface area (Å²) in [5.74, 6) is 0. The van der Waals surface area contributed by atoms with Crippen molar-refractivity contribution in [2.45, 2.75) is 5.41 Å². The summed E-state index contributed by atoms with van der Waals surface area (Å²) in [6.07, 6.45) is 0. The fourth-order valence-corrected chi connectivity index (χ4v) is 10.8. The van der Waals surface area contributed by atoms with Gasteiger partial charge in [0, 0.05) is 33.1 Å². The van der Waals surface area contributed by atoms with Crippen LogP contribution >= 0.6 is 0 Å². The number of benzene rings is 11. The lowest BCUT2D eigenvalue weighted by atomic mass is 9.67. The quantitative estimate of drug-likeness (QED) is 0.159. The van der Waals surface area contributed by atoms with Crippen LogP contribution in [-0.4, -0.2) is 0 Å². The van der Waals surface area contributed by atoms with Crippen molar-refractivity contribution < 1.29 is 4.42 Å². The van der Waals surface area contributed by atoms with Gasteiger partial charge in [-0.3, -0.25) is 0 Å². The van der Waals surface area contributed by atoms with Gasteiger partial charge in [0.15, 0.2) is 0 Å². The highest BCUT2D eigenvalue weighted by atomic mass is 16.3. The lowest BCUT2D eigenvalue weighted by molar-refractivity contribution is 0.672. The molecule has 304 valence electrons. The number of rotatable bonds is 7. The van der Waals surface area contributed by atoms with E-state index in [0.717, 1.165) is 60.9 Å². The number of para-hydroxylation sites is 2. The number of nitrogens with zero attached hydrogens (tertiary/aromatic N) is 1. The fraction of sp³-hybridized carbons (Fsp3) is 0.0159. The van der Waals surface area contributed by atoms with E-state index in [9.17, 15) is 0 Å². The number of hydrogen-bond acceptors (Lipinski definition) is 2. The molecule has 1 heterocycles. The van der Waals surface area contributed by atoms with Gasteiger partial charge in [-0.15, -0.1) is 0 Å². The van der Waals surface area contributed by atoms with E-state index >= 15 is 0 Å². The Morgan fingerprint density at radius 3 is 1.74 bits per heavy atom. The Kier molecular flexibility index (Phi) is 8.47. The predicted molar refractivity (Wildman–Crippen MR) is 272 cm³/mol. The van der Waals surface area contributed by atoms with Crippen LogP contribution in [0.2, 0.25) is 0 Å². The molecule has 0 saturated heterocycles. The van der Waals surface area contributed by atoms with Crippen molar-refractivity contribution in [1.29, 1.82) is 0 Å². The van der Waals surface area contributed by atoms with Crippen molar-refractivity contribution >= 4 is 60.5 Å². The van der Waals surface area contributed by atoms with E-state index in [1.54, 1.807) is 0 Å². The van der Waals surface area contributed by atoms with Gasteiger partial charge in [0.1, 0.15) is 11.2 Å². The zero-order valence-electron chi connectivity index (χ0n) is 35.5. The molecular weight excluding hydrogens is 787 g/mol. The van der Waals surface area contributed by atoms with Gasteiger partial charge in [0.2, 0.25) is 0 Å². The van der Waals surface area contributed by atoms with Crippen LogP contribution in [0.1, 0.15) is 22.3 Å². The van der Waals surface area contributed by atoms with E-state index in [4.69, 9.17) is 4.42 Å². The molecule has 11 aromatic carbocycles. The first-order valence-electron chi connectivity index (χ1n) is 22.4. The first-order valence-corrected chi connectivity index (χ1v) is 22.4. The van der Waals surface area contributed by atoms with Crippen LogP contribution < -0.4 is 4.90 Å². The average molecular weight is 828 g/mol. The summed E-state index contributed by atoms with van der Waals surface area (Å²) in [6, 6.07) is 91.0. The summed E-state index contributed by atoms with van der Waals surface area (Å²) in [4.78, 5) is 2.45. The first-order chi connectivity index (χ1) is 32.2. The van der Waals surface area contributed by atoms with Crippen LogP contribution in [0.15, 0.2) is 253 Å². The number of hydrogen-bond donors (Lipinski definition) is 0. The number of furan rings is 1. The van der Waals surface area contributed by atoms with Crippen molar-refractivity contribution in [2.75, 3.05) is 4.90 Å². The van der Waals surface area contributed by atoms with Gasteiger partial charge < -0.3 is 9.32 Å². The standard InChI is InChI=1S/C63H41NO/c1-3-17-48(18-4-1)63(49-19-5-2-6-20-49)58-24-12-9-22-53(58)54-38-36-51(41-59(54)63)64(50-34-31-43(32-35-50)46-29-27-42-15-7-8-16-45(42)39-46)60-25-13-10-21-52(60)47-30-28-44-33-37-56-55-23-11-14-26-61(55)65-62(56)57(44)40-47/h1-41H.